The summed E-state index contributed by atoms with van der Waals surface area (Å²) >= 11 is 1.21. The SMILES string of the molecule is CC(C)NS(=O)(=O)c1ccc2nc(NC(=O)c3cccnc3)sc2c1. The van der Waals surface area contributed by atoms with Crippen LogP contribution in [0.1, 0.15) is 24.2 Å². The van der Waals surface area contributed by atoms with Crippen LogP contribution in [0.4, 0.5) is 5.13 Å². The number of hydrogen-bond donors (Lipinski definition) is 2. The second-order valence-corrected chi connectivity index (χ2v) is 8.36. The molecule has 2 aromatic heterocycles. The zero-order valence-electron chi connectivity index (χ0n) is 13.6. The van der Waals surface area contributed by atoms with Crippen molar-refractivity contribution >= 4 is 42.6 Å². The fourth-order valence-electron chi connectivity index (χ4n) is 2.17. The Kier molecular flexibility index (Phi) is 4.80. The summed E-state index contributed by atoms with van der Waals surface area (Å²) in [4.78, 5) is 20.5. The number of hydrogen-bond acceptors (Lipinski definition) is 6. The summed E-state index contributed by atoms with van der Waals surface area (Å²) < 4.78 is 27.7. The summed E-state index contributed by atoms with van der Waals surface area (Å²) in [5.41, 5.74) is 1.04. The lowest BCUT2D eigenvalue weighted by Crippen LogP contribution is -2.30. The van der Waals surface area contributed by atoms with Crippen molar-refractivity contribution in [3.63, 3.8) is 0 Å². The van der Waals surface area contributed by atoms with Gasteiger partial charge in [-0.1, -0.05) is 11.3 Å². The van der Waals surface area contributed by atoms with E-state index in [9.17, 15) is 13.2 Å². The third-order valence-electron chi connectivity index (χ3n) is 3.21. The number of anilines is 1. The molecule has 0 aliphatic heterocycles. The number of nitrogens with zero attached hydrogens (tertiary/aromatic N) is 2. The number of benzene rings is 1. The van der Waals surface area contributed by atoms with Gasteiger partial charge in [-0.2, -0.15) is 0 Å². The number of rotatable bonds is 5. The number of aromatic nitrogens is 2. The van der Waals surface area contributed by atoms with E-state index >= 15 is 0 Å². The Balaban J connectivity index is 1.87. The topological polar surface area (TPSA) is 101 Å². The summed E-state index contributed by atoms with van der Waals surface area (Å²) in [5.74, 6) is -0.318. The molecule has 0 bridgehead atoms. The van der Waals surface area contributed by atoms with Gasteiger partial charge in [0.25, 0.3) is 5.91 Å². The van der Waals surface area contributed by atoms with Gasteiger partial charge in [0.05, 0.1) is 20.7 Å². The predicted octanol–water partition coefficient (Wildman–Crippen LogP) is 2.63. The highest BCUT2D eigenvalue weighted by atomic mass is 32.2. The molecule has 2 heterocycles. The van der Waals surface area contributed by atoms with E-state index in [1.54, 1.807) is 44.3 Å². The van der Waals surface area contributed by atoms with Gasteiger partial charge in [0, 0.05) is 18.4 Å². The monoisotopic (exact) mass is 376 g/mol. The Morgan fingerprint density at radius 2 is 2.04 bits per heavy atom. The molecule has 1 amide bonds. The molecule has 0 unspecified atom stereocenters. The summed E-state index contributed by atoms with van der Waals surface area (Å²) in [7, 11) is -3.57. The zero-order valence-corrected chi connectivity index (χ0v) is 15.2. The molecule has 0 spiro atoms. The van der Waals surface area contributed by atoms with Gasteiger partial charge >= 0.3 is 0 Å². The molecule has 3 rings (SSSR count). The molecule has 0 radical (unpaired) electrons. The zero-order chi connectivity index (χ0) is 18.0. The van der Waals surface area contributed by atoms with Crippen molar-refractivity contribution in [2.75, 3.05) is 5.32 Å². The molecule has 0 fully saturated rings. The first kappa shape index (κ1) is 17.5. The van der Waals surface area contributed by atoms with E-state index in [1.807, 2.05) is 0 Å². The minimum atomic E-state index is -3.57. The van der Waals surface area contributed by atoms with Crippen LogP contribution in [0.3, 0.4) is 0 Å². The average Bonchev–Trinajstić information content (AvgIpc) is 2.95. The van der Waals surface area contributed by atoms with E-state index in [4.69, 9.17) is 0 Å². The molecule has 25 heavy (non-hydrogen) atoms. The molecule has 0 aliphatic carbocycles. The Bertz CT molecular complexity index is 1010. The van der Waals surface area contributed by atoms with Gasteiger partial charge in [-0.05, 0) is 44.2 Å². The van der Waals surface area contributed by atoms with Crippen LogP contribution in [-0.2, 0) is 10.0 Å². The minimum Gasteiger partial charge on any atom is -0.298 e. The number of nitrogens with one attached hydrogen (secondary N) is 2. The first-order chi connectivity index (χ1) is 11.8. The Morgan fingerprint density at radius 1 is 1.24 bits per heavy atom. The van der Waals surface area contributed by atoms with E-state index in [1.165, 1.54) is 23.6 Å². The lowest BCUT2D eigenvalue weighted by molar-refractivity contribution is 0.102. The van der Waals surface area contributed by atoms with Crippen LogP contribution in [-0.4, -0.2) is 30.3 Å². The Labute approximate surface area is 149 Å². The average molecular weight is 376 g/mol. The van der Waals surface area contributed by atoms with Crippen LogP contribution < -0.4 is 10.0 Å². The maximum atomic E-state index is 12.3. The summed E-state index contributed by atoms with van der Waals surface area (Å²) in [6.45, 7) is 3.52. The fourth-order valence-corrected chi connectivity index (χ4v) is 4.42. The molecule has 0 saturated carbocycles. The number of amides is 1. The molecule has 0 atom stereocenters. The fraction of sp³-hybridized carbons (Fsp3) is 0.188. The number of fused-ring (bicyclic) bond motifs is 1. The number of pyridine rings is 1. The molecule has 1 aromatic carbocycles. The molecule has 7 nitrogen and oxygen atoms in total. The van der Waals surface area contributed by atoms with Gasteiger partial charge in [-0.25, -0.2) is 18.1 Å². The molecule has 0 saturated heterocycles. The first-order valence-electron chi connectivity index (χ1n) is 7.49. The number of carbonyl (C=O) groups is 1. The Hall–Kier alpha value is -2.36. The molecular weight excluding hydrogens is 360 g/mol. The van der Waals surface area contributed by atoms with Gasteiger partial charge in [-0.3, -0.25) is 15.1 Å². The van der Waals surface area contributed by atoms with Gasteiger partial charge < -0.3 is 0 Å². The third-order valence-corrected chi connectivity index (χ3v) is 5.80. The van der Waals surface area contributed by atoms with Crippen LogP contribution in [0.15, 0.2) is 47.6 Å². The minimum absolute atomic E-state index is 0.169. The largest absolute Gasteiger partial charge is 0.298 e. The van der Waals surface area contributed by atoms with Gasteiger partial charge in [0.15, 0.2) is 5.13 Å². The summed E-state index contributed by atoms with van der Waals surface area (Å²) in [6.07, 6.45) is 3.05. The molecule has 0 aliphatic rings. The quantitative estimate of drug-likeness (QED) is 0.713. The van der Waals surface area contributed by atoms with Gasteiger partial charge in [0.1, 0.15) is 0 Å². The van der Waals surface area contributed by atoms with E-state index in [2.05, 4.69) is 20.0 Å². The lowest BCUT2D eigenvalue weighted by Gasteiger charge is -2.09. The van der Waals surface area contributed by atoms with Crippen molar-refractivity contribution in [2.45, 2.75) is 24.8 Å². The van der Waals surface area contributed by atoms with E-state index < -0.39 is 10.0 Å². The summed E-state index contributed by atoms with van der Waals surface area (Å²) in [6, 6.07) is 7.80. The van der Waals surface area contributed by atoms with Crippen LogP contribution in [0.2, 0.25) is 0 Å². The molecule has 130 valence electrons. The predicted molar refractivity (Wildman–Crippen MR) is 97.3 cm³/mol. The van der Waals surface area contributed by atoms with Gasteiger partial charge in [0.2, 0.25) is 10.0 Å². The van der Waals surface area contributed by atoms with Gasteiger partial charge in [-0.15, -0.1) is 0 Å². The third kappa shape index (κ3) is 4.01. The van der Waals surface area contributed by atoms with Crippen LogP contribution in [0.25, 0.3) is 10.2 Å². The van der Waals surface area contributed by atoms with Crippen molar-refractivity contribution in [3.05, 3.63) is 48.3 Å². The standard InChI is InChI=1S/C16H16N4O3S2/c1-10(2)20-25(22,23)12-5-6-13-14(8-12)24-16(18-13)19-15(21)11-4-3-7-17-9-11/h3-10,20H,1-2H3,(H,18,19,21). The highest BCUT2D eigenvalue weighted by Gasteiger charge is 2.17. The maximum absolute atomic E-state index is 12.3. The lowest BCUT2D eigenvalue weighted by atomic mass is 10.3. The second kappa shape index (κ2) is 6.87. The highest BCUT2D eigenvalue weighted by molar-refractivity contribution is 7.89. The van der Waals surface area contributed by atoms with Crippen LogP contribution in [0, 0.1) is 0 Å². The smallest absolute Gasteiger partial charge is 0.259 e. The number of carbonyl (C=O) groups excluding carboxylic acids is 1. The van der Waals surface area contributed by atoms with E-state index in [-0.39, 0.29) is 16.8 Å². The molecule has 9 heteroatoms. The van der Waals surface area contributed by atoms with E-state index in [0.717, 1.165) is 0 Å². The first-order valence-corrected chi connectivity index (χ1v) is 9.79. The van der Waals surface area contributed by atoms with Crippen LogP contribution >= 0.6 is 11.3 Å². The number of sulfonamides is 1. The Morgan fingerprint density at radius 3 is 2.72 bits per heavy atom. The van der Waals surface area contributed by atoms with Crippen molar-refractivity contribution in [1.82, 2.24) is 14.7 Å². The molecule has 2 N–H and O–H groups in total. The summed E-state index contributed by atoms with van der Waals surface area (Å²) in [5, 5.41) is 3.10. The maximum Gasteiger partial charge on any atom is 0.259 e. The van der Waals surface area contributed by atoms with Crippen molar-refractivity contribution in [1.29, 1.82) is 0 Å². The molecule has 3 aromatic rings. The highest BCUT2D eigenvalue weighted by Crippen LogP contribution is 2.28. The molecular formula is C16H16N4O3S2. The van der Waals surface area contributed by atoms with Crippen molar-refractivity contribution in [2.24, 2.45) is 0 Å². The normalized spacial score (nSPS) is 11.8. The van der Waals surface area contributed by atoms with Crippen LogP contribution in [0.5, 0.6) is 0 Å². The number of thiazole rings is 1. The van der Waals surface area contributed by atoms with Crippen molar-refractivity contribution in [3.8, 4) is 0 Å². The van der Waals surface area contributed by atoms with E-state index in [0.29, 0.717) is 20.9 Å². The van der Waals surface area contributed by atoms with Crippen molar-refractivity contribution < 1.29 is 13.2 Å². The second-order valence-electron chi connectivity index (χ2n) is 5.62.